The number of esters is 1. The summed E-state index contributed by atoms with van der Waals surface area (Å²) in [5.41, 5.74) is -0.901. The normalized spacial score (nSPS) is 15.4. The van der Waals surface area contributed by atoms with Crippen molar-refractivity contribution in [2.45, 2.75) is 60.0 Å². The van der Waals surface area contributed by atoms with Crippen molar-refractivity contribution in [3.8, 4) is 0 Å². The Labute approximate surface area is 214 Å². The van der Waals surface area contributed by atoms with Crippen LogP contribution in [-0.2, 0) is 19.1 Å². The van der Waals surface area contributed by atoms with Crippen molar-refractivity contribution in [1.29, 1.82) is 0 Å². The van der Waals surface area contributed by atoms with Crippen molar-refractivity contribution in [1.82, 2.24) is 10.6 Å². The molecule has 0 bridgehead atoms. The second kappa shape index (κ2) is 11.9. The lowest BCUT2D eigenvalue weighted by Crippen LogP contribution is -2.58. The van der Waals surface area contributed by atoms with Crippen molar-refractivity contribution >= 4 is 46.5 Å². The number of halogens is 1. The highest BCUT2D eigenvalue weighted by Gasteiger charge is 2.50. The molecule has 0 aliphatic rings. The van der Waals surface area contributed by atoms with Crippen LogP contribution in [0, 0.1) is 26.2 Å². The van der Waals surface area contributed by atoms with E-state index in [1.165, 1.54) is 7.11 Å². The van der Waals surface area contributed by atoms with Gasteiger partial charge >= 0.3 is 23.9 Å². The molecule has 0 heterocycles. The van der Waals surface area contributed by atoms with E-state index in [0.29, 0.717) is 5.56 Å². The van der Waals surface area contributed by atoms with Gasteiger partial charge in [-0.3, -0.25) is 9.59 Å². The van der Waals surface area contributed by atoms with Crippen LogP contribution >= 0.6 is 22.6 Å². The molecule has 34 heavy (non-hydrogen) atoms. The summed E-state index contributed by atoms with van der Waals surface area (Å²) in [6.45, 7) is 10.4. The summed E-state index contributed by atoms with van der Waals surface area (Å²) in [5.74, 6) is -5.03. The molecule has 1 aromatic rings. The van der Waals surface area contributed by atoms with Gasteiger partial charge in [0.2, 0.25) is 0 Å². The van der Waals surface area contributed by atoms with Crippen LogP contribution in [0.15, 0.2) is 24.3 Å². The molecule has 9 nitrogen and oxygen atoms in total. The van der Waals surface area contributed by atoms with Gasteiger partial charge in [-0.2, -0.15) is 0 Å². The van der Waals surface area contributed by atoms with E-state index in [0.717, 1.165) is 3.57 Å². The van der Waals surface area contributed by atoms with E-state index in [9.17, 15) is 29.4 Å². The predicted molar refractivity (Wildman–Crippen MR) is 135 cm³/mol. The Morgan fingerprint density at radius 3 is 1.97 bits per heavy atom. The molecule has 0 saturated heterocycles. The summed E-state index contributed by atoms with van der Waals surface area (Å²) in [5, 5.41) is 25.1. The van der Waals surface area contributed by atoms with Crippen molar-refractivity contribution in [2.24, 2.45) is 22.7 Å². The third-order valence-corrected chi connectivity index (χ3v) is 6.30. The van der Waals surface area contributed by atoms with Crippen LogP contribution in [-0.4, -0.2) is 47.3 Å². The van der Waals surface area contributed by atoms with Gasteiger partial charge in [0, 0.05) is 9.49 Å². The average Bonchev–Trinajstić information content (AvgIpc) is 2.67. The van der Waals surface area contributed by atoms with Gasteiger partial charge in [-0.1, -0.05) is 53.7 Å². The van der Waals surface area contributed by atoms with Crippen molar-refractivity contribution in [2.75, 3.05) is 7.11 Å². The molecule has 1 rings (SSSR count). The molecule has 0 aliphatic carbocycles. The summed E-state index contributed by atoms with van der Waals surface area (Å²) in [7, 11) is 1.24. The lowest BCUT2D eigenvalue weighted by Gasteiger charge is -2.44. The molecule has 1 aromatic carbocycles. The van der Waals surface area contributed by atoms with Gasteiger partial charge in [0.1, 0.15) is 6.04 Å². The number of nitrogens with one attached hydrogen (secondary N) is 2. The Hall–Kier alpha value is -2.37. The summed E-state index contributed by atoms with van der Waals surface area (Å²) >= 11 is 2.10. The van der Waals surface area contributed by atoms with Gasteiger partial charge < -0.3 is 25.6 Å². The Kier molecular flexibility index (Phi) is 10.3. The van der Waals surface area contributed by atoms with Crippen molar-refractivity contribution in [3.05, 3.63) is 33.4 Å². The molecule has 0 radical (unpaired) electrons. The highest BCUT2D eigenvalue weighted by atomic mass is 127. The van der Waals surface area contributed by atoms with Crippen LogP contribution in [0.1, 0.15) is 59.6 Å². The number of ether oxygens (including phenoxy) is 1. The maximum absolute atomic E-state index is 13.0. The van der Waals surface area contributed by atoms with E-state index >= 15 is 0 Å². The van der Waals surface area contributed by atoms with Crippen LogP contribution in [0.2, 0.25) is 0 Å². The Morgan fingerprint density at radius 2 is 1.56 bits per heavy atom. The van der Waals surface area contributed by atoms with Crippen LogP contribution in [0.25, 0.3) is 0 Å². The average molecular weight is 590 g/mol. The lowest BCUT2D eigenvalue weighted by molar-refractivity contribution is -0.155. The molecular weight excluding hydrogens is 555 g/mol. The molecule has 0 saturated carbocycles. The van der Waals surface area contributed by atoms with Crippen LogP contribution in [0.3, 0.4) is 0 Å². The maximum atomic E-state index is 13.0. The third kappa shape index (κ3) is 8.44. The SMILES string of the molecule is COC(=O)CC(NC(=O)NC(C(=O)O)C(C(C(=O)O)C(C)(C)C)C(C)(C)C)c1cccc(I)c1. The molecule has 190 valence electrons. The number of carboxylic acids is 2. The smallest absolute Gasteiger partial charge is 0.326 e. The number of amides is 2. The molecule has 2 amide bonds. The summed E-state index contributed by atoms with van der Waals surface area (Å²) in [6.07, 6.45) is -0.163. The van der Waals surface area contributed by atoms with Crippen molar-refractivity contribution in [3.63, 3.8) is 0 Å². The minimum atomic E-state index is -1.49. The van der Waals surface area contributed by atoms with Crippen LogP contribution in [0.4, 0.5) is 4.79 Å². The monoisotopic (exact) mass is 590 g/mol. The Morgan fingerprint density at radius 1 is 0.971 bits per heavy atom. The standard InChI is InChI=1S/C24H35IN2O7/c1-23(2,3)17(18(20(29)30)24(4,5)6)19(21(31)32)27-22(33)26-15(12-16(28)34-7)13-9-8-10-14(25)11-13/h8-11,15,17-19H,12H2,1-7H3,(H,29,30)(H,31,32)(H2,26,27,33). The van der Waals surface area contributed by atoms with Crippen molar-refractivity contribution < 1.29 is 34.1 Å². The molecule has 0 fully saturated rings. The first-order chi connectivity index (χ1) is 15.5. The van der Waals surface area contributed by atoms with E-state index in [-0.39, 0.29) is 6.42 Å². The second-order valence-electron chi connectivity index (χ2n) is 10.4. The fourth-order valence-electron chi connectivity index (χ4n) is 4.13. The Balaban J connectivity index is 3.33. The zero-order valence-electron chi connectivity index (χ0n) is 20.6. The number of carbonyl (C=O) groups is 4. The topological polar surface area (TPSA) is 142 Å². The van der Waals surface area contributed by atoms with Gasteiger partial charge in [0.05, 0.1) is 25.5 Å². The van der Waals surface area contributed by atoms with Gasteiger partial charge in [0.25, 0.3) is 0 Å². The number of carbonyl (C=O) groups excluding carboxylic acids is 2. The summed E-state index contributed by atoms with van der Waals surface area (Å²) < 4.78 is 5.63. The molecular formula is C24H35IN2O7. The molecule has 0 spiro atoms. The first-order valence-corrected chi connectivity index (χ1v) is 11.9. The quantitative estimate of drug-likeness (QED) is 0.251. The molecule has 4 atom stereocenters. The number of hydrogen-bond donors (Lipinski definition) is 4. The predicted octanol–water partition coefficient (Wildman–Crippen LogP) is 4.06. The van der Waals surface area contributed by atoms with E-state index in [1.807, 2.05) is 6.07 Å². The molecule has 0 aliphatic heterocycles. The van der Waals surface area contributed by atoms with Crippen LogP contribution in [0.5, 0.6) is 0 Å². The lowest BCUT2D eigenvalue weighted by atomic mass is 9.61. The van der Waals surface area contributed by atoms with Crippen LogP contribution < -0.4 is 10.6 Å². The summed E-state index contributed by atoms with van der Waals surface area (Å²) in [4.78, 5) is 49.4. The number of benzene rings is 1. The molecule has 10 heteroatoms. The van der Waals surface area contributed by atoms with E-state index in [4.69, 9.17) is 4.74 Å². The molecule has 0 aromatic heterocycles. The zero-order valence-corrected chi connectivity index (χ0v) is 22.8. The maximum Gasteiger partial charge on any atom is 0.326 e. The van der Waals surface area contributed by atoms with Gasteiger partial charge in [0.15, 0.2) is 0 Å². The fourth-order valence-corrected chi connectivity index (χ4v) is 4.69. The Bertz CT molecular complexity index is 905. The number of aliphatic carboxylic acids is 2. The highest BCUT2D eigenvalue weighted by Crippen LogP contribution is 2.43. The third-order valence-electron chi connectivity index (χ3n) is 5.62. The molecule has 4 unspecified atom stereocenters. The summed E-state index contributed by atoms with van der Waals surface area (Å²) in [6, 6.07) is 4.07. The second-order valence-corrected chi connectivity index (χ2v) is 11.6. The minimum Gasteiger partial charge on any atom is -0.481 e. The number of carboxylic acid groups (broad SMARTS) is 2. The number of urea groups is 1. The largest absolute Gasteiger partial charge is 0.481 e. The van der Waals surface area contributed by atoms with Gasteiger partial charge in [-0.25, -0.2) is 9.59 Å². The fraction of sp³-hybridized carbons (Fsp3) is 0.583. The highest BCUT2D eigenvalue weighted by molar-refractivity contribution is 14.1. The van der Waals surface area contributed by atoms with E-state index < -0.39 is 58.7 Å². The minimum absolute atomic E-state index is 0.163. The van der Waals surface area contributed by atoms with Gasteiger partial charge in [-0.05, 0) is 51.1 Å². The van der Waals surface area contributed by atoms with Gasteiger partial charge in [-0.15, -0.1) is 0 Å². The van der Waals surface area contributed by atoms with E-state index in [2.05, 4.69) is 33.2 Å². The first kappa shape index (κ1) is 29.7. The number of rotatable bonds is 9. The number of methoxy groups -OCH3 is 1. The van der Waals surface area contributed by atoms with E-state index in [1.54, 1.807) is 59.7 Å². The first-order valence-electron chi connectivity index (χ1n) is 10.8. The zero-order chi connectivity index (χ0) is 26.4. The molecule has 4 N–H and O–H groups in total. The number of hydrogen-bond acceptors (Lipinski definition) is 5.